The van der Waals surface area contributed by atoms with Gasteiger partial charge in [0.05, 0.1) is 56.9 Å². The third-order valence-corrected chi connectivity index (χ3v) is 12.5. The standard InChI is InChI=1S/C37H42FN7O8S/c1-4-53-34-28(6-5-11-40-34)37(41-36(47)44-16-14-43(15-17-44)25-9-12-42(13-10-25)26-22-52-23-26)29-18-24(21-39)30(38)20-31(29)45(35(37)46)54(48,49)33-8-7-27(50-2)19-32(33)51-3/h5-8,11,18-20,25-26H,4,9-10,12-17,22-23H2,1-3H3,(H,41,47). The Morgan fingerprint density at radius 2 is 1.74 bits per heavy atom. The summed E-state index contributed by atoms with van der Waals surface area (Å²) in [6.45, 7) is 7.23. The second kappa shape index (κ2) is 15.0. The van der Waals surface area contributed by atoms with Crippen LogP contribution in [0.2, 0.25) is 0 Å². The highest BCUT2D eigenvalue weighted by Gasteiger charge is 2.59. The molecule has 4 aliphatic rings. The molecule has 54 heavy (non-hydrogen) atoms. The predicted octanol–water partition coefficient (Wildman–Crippen LogP) is 2.68. The van der Waals surface area contributed by atoms with Crippen LogP contribution < -0.4 is 23.8 Å². The maximum atomic E-state index is 15.5. The topological polar surface area (TPSA) is 167 Å². The molecule has 0 radical (unpaired) electrons. The molecule has 2 aromatic carbocycles. The van der Waals surface area contributed by atoms with E-state index < -0.39 is 49.5 Å². The molecule has 1 atom stereocenters. The molecule has 5 heterocycles. The molecule has 0 bridgehead atoms. The molecule has 1 N–H and O–H groups in total. The van der Waals surface area contributed by atoms with Gasteiger partial charge in [-0.2, -0.15) is 9.57 Å². The first-order chi connectivity index (χ1) is 26.1. The maximum Gasteiger partial charge on any atom is 0.318 e. The molecule has 3 aromatic rings. The van der Waals surface area contributed by atoms with Gasteiger partial charge < -0.3 is 29.2 Å². The Labute approximate surface area is 313 Å². The number of urea groups is 1. The van der Waals surface area contributed by atoms with Crippen molar-refractivity contribution in [3.8, 4) is 23.4 Å². The highest BCUT2D eigenvalue weighted by Crippen LogP contribution is 2.50. The summed E-state index contributed by atoms with van der Waals surface area (Å²) < 4.78 is 67.1. The van der Waals surface area contributed by atoms with Crippen LogP contribution in [0.3, 0.4) is 0 Å². The number of benzene rings is 2. The van der Waals surface area contributed by atoms with Crippen molar-refractivity contribution >= 4 is 27.6 Å². The van der Waals surface area contributed by atoms with E-state index in [1.54, 1.807) is 17.9 Å². The summed E-state index contributed by atoms with van der Waals surface area (Å²) in [5.41, 5.74) is -3.33. The first-order valence-corrected chi connectivity index (χ1v) is 19.3. The summed E-state index contributed by atoms with van der Waals surface area (Å²) in [7, 11) is -2.23. The number of anilines is 1. The van der Waals surface area contributed by atoms with E-state index in [1.807, 2.05) is 0 Å². The number of methoxy groups -OCH3 is 2. The molecule has 3 amide bonds. The maximum absolute atomic E-state index is 15.5. The van der Waals surface area contributed by atoms with Crippen molar-refractivity contribution in [3.63, 3.8) is 0 Å². The average Bonchev–Trinajstić information content (AvgIpc) is 3.40. The summed E-state index contributed by atoms with van der Waals surface area (Å²) in [5.74, 6) is -2.14. The molecule has 0 spiro atoms. The van der Waals surface area contributed by atoms with E-state index in [9.17, 15) is 18.5 Å². The number of aromatic nitrogens is 1. The normalized spacial score (nSPS) is 21.3. The molecule has 0 saturated carbocycles. The number of halogens is 1. The number of rotatable bonds is 10. The molecule has 3 fully saturated rings. The lowest BCUT2D eigenvalue weighted by Gasteiger charge is -2.46. The molecule has 7 rings (SSSR count). The van der Waals surface area contributed by atoms with E-state index in [-0.39, 0.29) is 35.1 Å². The minimum absolute atomic E-state index is 0.00334. The summed E-state index contributed by atoms with van der Waals surface area (Å²) in [5, 5.41) is 12.8. The highest BCUT2D eigenvalue weighted by atomic mass is 32.2. The van der Waals surface area contributed by atoms with E-state index in [4.69, 9.17) is 18.9 Å². The number of nitrogens with one attached hydrogen (secondary N) is 1. The van der Waals surface area contributed by atoms with Gasteiger partial charge in [0, 0.05) is 69.2 Å². The van der Waals surface area contributed by atoms with Gasteiger partial charge in [0.2, 0.25) is 5.88 Å². The molecule has 4 aliphatic heterocycles. The SMILES string of the molecule is CCOc1ncccc1C1(NC(=O)N2CCN(C3CCN(C4COC4)CC3)CC2)C(=O)N(S(=O)(=O)c2ccc(OC)cc2OC)c2cc(F)c(C#N)cc21. The number of hydrogen-bond donors (Lipinski definition) is 1. The van der Waals surface area contributed by atoms with Crippen molar-refractivity contribution in [1.29, 1.82) is 5.26 Å². The van der Waals surface area contributed by atoms with Crippen molar-refractivity contribution in [2.45, 2.75) is 42.3 Å². The van der Waals surface area contributed by atoms with E-state index >= 15 is 9.18 Å². The van der Waals surface area contributed by atoms with Gasteiger partial charge in [-0.1, -0.05) is 0 Å². The zero-order chi connectivity index (χ0) is 38.2. The molecule has 0 aliphatic carbocycles. The zero-order valence-corrected chi connectivity index (χ0v) is 31.1. The molecule has 3 saturated heterocycles. The Morgan fingerprint density at radius 1 is 1.02 bits per heavy atom. The number of piperidine rings is 1. The number of nitriles is 1. The Bertz CT molecular complexity index is 2080. The lowest BCUT2D eigenvalue weighted by Crippen LogP contribution is -2.61. The Kier molecular flexibility index (Phi) is 10.4. The van der Waals surface area contributed by atoms with Crippen LogP contribution in [0.1, 0.15) is 36.5 Å². The Hall–Kier alpha value is -5.02. The molecule has 1 unspecified atom stereocenters. The van der Waals surface area contributed by atoms with E-state index in [2.05, 4.69) is 20.1 Å². The van der Waals surface area contributed by atoms with Gasteiger partial charge >= 0.3 is 6.03 Å². The van der Waals surface area contributed by atoms with Crippen LogP contribution in [0.4, 0.5) is 14.9 Å². The molecule has 17 heteroatoms. The first-order valence-electron chi connectivity index (χ1n) is 17.8. The van der Waals surface area contributed by atoms with Crippen LogP contribution in [-0.4, -0.2) is 125 Å². The monoisotopic (exact) mass is 763 g/mol. The number of piperazine rings is 1. The van der Waals surface area contributed by atoms with Crippen LogP contribution in [0.25, 0.3) is 0 Å². The molecule has 1 aromatic heterocycles. The quantitative estimate of drug-likeness (QED) is 0.321. The lowest BCUT2D eigenvalue weighted by molar-refractivity contribution is -0.121. The smallest absolute Gasteiger partial charge is 0.318 e. The third-order valence-electron chi connectivity index (χ3n) is 10.7. The fourth-order valence-corrected chi connectivity index (χ4v) is 9.37. The molecular weight excluding hydrogens is 722 g/mol. The number of nitrogens with zero attached hydrogens (tertiary/aromatic N) is 6. The number of ether oxygens (including phenoxy) is 4. The Balaban J connectivity index is 1.27. The van der Waals surface area contributed by atoms with Crippen LogP contribution in [0.15, 0.2) is 53.6 Å². The number of sulfonamides is 1. The molecular formula is C37H42FN7O8S. The third kappa shape index (κ3) is 6.36. The average molecular weight is 764 g/mol. The highest BCUT2D eigenvalue weighted by molar-refractivity contribution is 7.93. The number of pyridine rings is 1. The van der Waals surface area contributed by atoms with Gasteiger partial charge in [0.1, 0.15) is 28.3 Å². The van der Waals surface area contributed by atoms with Crippen LogP contribution >= 0.6 is 0 Å². The largest absolute Gasteiger partial charge is 0.497 e. The summed E-state index contributed by atoms with van der Waals surface area (Å²) in [6, 6.07) is 10.8. The van der Waals surface area contributed by atoms with Gasteiger partial charge in [-0.05, 0) is 50.1 Å². The molecule has 286 valence electrons. The van der Waals surface area contributed by atoms with Gasteiger partial charge in [0.25, 0.3) is 15.9 Å². The van der Waals surface area contributed by atoms with Crippen molar-refractivity contribution in [2.24, 2.45) is 0 Å². The van der Waals surface area contributed by atoms with Crippen LogP contribution in [0.5, 0.6) is 17.4 Å². The number of carbonyl (C=O) groups excluding carboxylic acids is 2. The van der Waals surface area contributed by atoms with Crippen molar-refractivity contribution in [2.75, 3.05) is 77.6 Å². The first kappa shape index (κ1) is 37.3. The number of fused-ring (bicyclic) bond motifs is 1. The fraction of sp³-hybridized carbons (Fsp3) is 0.459. The Morgan fingerprint density at radius 3 is 2.37 bits per heavy atom. The zero-order valence-electron chi connectivity index (χ0n) is 30.3. The number of amides is 3. The van der Waals surface area contributed by atoms with Crippen molar-refractivity contribution in [3.05, 3.63) is 71.2 Å². The van der Waals surface area contributed by atoms with E-state index in [0.29, 0.717) is 42.6 Å². The van der Waals surface area contributed by atoms with Gasteiger partial charge in [-0.15, -0.1) is 0 Å². The fourth-order valence-electron chi connectivity index (χ4n) is 7.77. The minimum Gasteiger partial charge on any atom is -0.497 e. The summed E-state index contributed by atoms with van der Waals surface area (Å²) in [6.07, 6.45) is 3.45. The second-order valence-corrected chi connectivity index (χ2v) is 15.3. The summed E-state index contributed by atoms with van der Waals surface area (Å²) in [4.78, 5) is 40.0. The van der Waals surface area contributed by atoms with Gasteiger partial charge in [-0.3, -0.25) is 14.6 Å². The minimum atomic E-state index is -4.89. The second-order valence-electron chi connectivity index (χ2n) is 13.5. The number of hydrogen-bond acceptors (Lipinski definition) is 12. The van der Waals surface area contributed by atoms with Crippen molar-refractivity contribution < 1.29 is 41.3 Å². The van der Waals surface area contributed by atoms with Crippen LogP contribution in [-0.2, 0) is 25.1 Å². The predicted molar refractivity (Wildman–Crippen MR) is 192 cm³/mol. The van der Waals surface area contributed by atoms with Gasteiger partial charge in [0.15, 0.2) is 5.54 Å². The van der Waals surface area contributed by atoms with E-state index in [1.165, 1.54) is 50.7 Å². The number of carbonyl (C=O) groups is 2. The van der Waals surface area contributed by atoms with Gasteiger partial charge in [-0.25, -0.2) is 22.6 Å². The summed E-state index contributed by atoms with van der Waals surface area (Å²) >= 11 is 0. The number of likely N-dealkylation sites (tertiary alicyclic amines) is 1. The van der Waals surface area contributed by atoms with Crippen LogP contribution in [0, 0.1) is 17.1 Å². The van der Waals surface area contributed by atoms with Crippen molar-refractivity contribution in [1.82, 2.24) is 25.0 Å². The molecule has 15 nitrogen and oxygen atoms in total. The van der Waals surface area contributed by atoms with E-state index in [0.717, 1.165) is 51.3 Å². The lowest BCUT2D eigenvalue weighted by atomic mass is 9.83.